The number of benzene rings is 2. The summed E-state index contributed by atoms with van der Waals surface area (Å²) in [7, 11) is 1.66. The summed E-state index contributed by atoms with van der Waals surface area (Å²) >= 11 is 0. The number of ether oxygens (including phenoxy) is 2. The maximum Gasteiger partial charge on any atom is 0.222 e. The second-order valence-electron chi connectivity index (χ2n) is 6.51. The van der Waals surface area contributed by atoms with Gasteiger partial charge >= 0.3 is 0 Å². The summed E-state index contributed by atoms with van der Waals surface area (Å²) < 4.78 is 11.1. The van der Waals surface area contributed by atoms with E-state index in [-0.39, 0.29) is 12.0 Å². The van der Waals surface area contributed by atoms with Gasteiger partial charge in [0.2, 0.25) is 5.91 Å². The number of hydrogen-bond donors (Lipinski definition) is 0. The van der Waals surface area contributed by atoms with E-state index in [0.717, 1.165) is 29.9 Å². The first kappa shape index (κ1) is 17.3. The van der Waals surface area contributed by atoms with Gasteiger partial charge in [-0.3, -0.25) is 4.79 Å². The average molecular weight is 339 g/mol. The average Bonchev–Trinajstić information content (AvgIpc) is 2.59. The van der Waals surface area contributed by atoms with Crippen molar-refractivity contribution in [3.8, 4) is 11.5 Å². The Kier molecular flexibility index (Phi) is 5.59. The van der Waals surface area contributed by atoms with Crippen LogP contribution in [0.4, 0.5) is 0 Å². The molecule has 0 atom stereocenters. The number of carbonyl (C=O) groups excluding carboxylic acids is 1. The van der Waals surface area contributed by atoms with Gasteiger partial charge < -0.3 is 14.4 Å². The molecule has 4 nitrogen and oxygen atoms in total. The third kappa shape index (κ3) is 4.53. The fourth-order valence-electron chi connectivity index (χ4n) is 2.98. The Morgan fingerprint density at radius 2 is 1.84 bits per heavy atom. The van der Waals surface area contributed by atoms with Crippen LogP contribution < -0.4 is 9.47 Å². The van der Waals surface area contributed by atoms with E-state index in [2.05, 4.69) is 12.1 Å². The number of rotatable bonds is 7. The lowest BCUT2D eigenvalue weighted by molar-refractivity contribution is -0.140. The molecule has 0 unspecified atom stereocenters. The van der Waals surface area contributed by atoms with E-state index < -0.39 is 0 Å². The molecule has 0 saturated carbocycles. The fraction of sp³-hybridized carbons (Fsp3) is 0.381. The van der Waals surface area contributed by atoms with Crippen LogP contribution in [0.2, 0.25) is 0 Å². The molecule has 0 aliphatic carbocycles. The van der Waals surface area contributed by atoms with Gasteiger partial charge in [0.1, 0.15) is 17.6 Å². The largest absolute Gasteiger partial charge is 0.497 e. The lowest BCUT2D eigenvalue weighted by Crippen LogP contribution is -2.56. The minimum absolute atomic E-state index is 0.117. The fourth-order valence-corrected chi connectivity index (χ4v) is 2.98. The van der Waals surface area contributed by atoms with Gasteiger partial charge in [0.25, 0.3) is 0 Å². The predicted molar refractivity (Wildman–Crippen MR) is 98.1 cm³/mol. The number of aryl methyl sites for hydroxylation is 2. The van der Waals surface area contributed by atoms with Crippen LogP contribution in [0.3, 0.4) is 0 Å². The maximum atomic E-state index is 12.2. The van der Waals surface area contributed by atoms with Crippen LogP contribution in [0.5, 0.6) is 11.5 Å². The number of likely N-dealkylation sites (tertiary alicyclic amines) is 1. The molecule has 3 rings (SSSR count). The zero-order valence-corrected chi connectivity index (χ0v) is 14.9. The molecule has 0 N–H and O–H groups in total. The molecular formula is C21H25NO3. The van der Waals surface area contributed by atoms with Gasteiger partial charge in [0.15, 0.2) is 0 Å². The Hall–Kier alpha value is -2.49. The molecule has 2 aromatic rings. The molecule has 132 valence electrons. The first-order chi connectivity index (χ1) is 12.2. The van der Waals surface area contributed by atoms with Crippen molar-refractivity contribution in [1.82, 2.24) is 4.90 Å². The molecule has 1 amide bonds. The summed E-state index contributed by atoms with van der Waals surface area (Å²) in [5.41, 5.74) is 2.37. The first-order valence-corrected chi connectivity index (χ1v) is 8.78. The van der Waals surface area contributed by atoms with Crippen molar-refractivity contribution in [2.45, 2.75) is 32.3 Å². The summed E-state index contributed by atoms with van der Waals surface area (Å²) in [4.78, 5) is 14.1. The van der Waals surface area contributed by atoms with E-state index >= 15 is 0 Å². The monoisotopic (exact) mass is 339 g/mol. The lowest BCUT2D eigenvalue weighted by atomic mass is 10.1. The zero-order chi connectivity index (χ0) is 17.6. The summed E-state index contributed by atoms with van der Waals surface area (Å²) in [6, 6.07) is 16.0. The second-order valence-corrected chi connectivity index (χ2v) is 6.51. The normalized spacial score (nSPS) is 14.1. The Balaban J connectivity index is 1.36. The highest BCUT2D eigenvalue weighted by Crippen LogP contribution is 2.22. The molecule has 4 heteroatoms. The minimum Gasteiger partial charge on any atom is -0.497 e. The molecule has 2 aromatic carbocycles. The lowest BCUT2D eigenvalue weighted by Gasteiger charge is -2.39. The van der Waals surface area contributed by atoms with E-state index in [9.17, 15) is 4.79 Å². The van der Waals surface area contributed by atoms with Gasteiger partial charge in [0.05, 0.1) is 20.2 Å². The van der Waals surface area contributed by atoms with Crippen molar-refractivity contribution >= 4 is 5.91 Å². The highest BCUT2D eigenvalue weighted by Gasteiger charge is 2.31. The van der Waals surface area contributed by atoms with Crippen LogP contribution in [0.25, 0.3) is 0 Å². The SMILES string of the molecule is COc1ccc(CCCC(=O)N2CC(Oc3ccccc3C)C2)cc1. The summed E-state index contributed by atoms with van der Waals surface area (Å²) in [6.45, 7) is 3.42. The van der Waals surface area contributed by atoms with Crippen LogP contribution >= 0.6 is 0 Å². The number of hydrogen-bond acceptors (Lipinski definition) is 3. The maximum absolute atomic E-state index is 12.2. The number of carbonyl (C=O) groups is 1. The predicted octanol–water partition coefficient (Wildman–Crippen LogP) is 3.62. The quantitative estimate of drug-likeness (QED) is 0.773. The zero-order valence-electron chi connectivity index (χ0n) is 14.9. The second kappa shape index (κ2) is 8.06. The molecule has 0 spiro atoms. The van der Waals surface area contributed by atoms with Crippen molar-refractivity contribution in [2.24, 2.45) is 0 Å². The molecule has 1 aliphatic heterocycles. The number of para-hydroxylation sites is 1. The Bertz CT molecular complexity index is 705. The van der Waals surface area contributed by atoms with Gasteiger partial charge in [-0.1, -0.05) is 30.3 Å². The molecule has 25 heavy (non-hydrogen) atoms. The van der Waals surface area contributed by atoms with Gasteiger partial charge in [-0.05, 0) is 49.1 Å². The molecule has 0 bridgehead atoms. The van der Waals surface area contributed by atoms with Gasteiger partial charge in [-0.2, -0.15) is 0 Å². The van der Waals surface area contributed by atoms with Crippen molar-refractivity contribution < 1.29 is 14.3 Å². The standard InChI is InChI=1S/C21H25NO3/c1-16-6-3-4-8-20(16)25-19-14-22(15-19)21(23)9-5-7-17-10-12-18(24-2)13-11-17/h3-4,6,8,10-13,19H,5,7,9,14-15H2,1-2H3. The van der Waals surface area contributed by atoms with Crippen LogP contribution in [0.1, 0.15) is 24.0 Å². The van der Waals surface area contributed by atoms with Gasteiger partial charge in [0, 0.05) is 6.42 Å². The summed E-state index contributed by atoms with van der Waals surface area (Å²) in [5.74, 6) is 2.00. The number of amides is 1. The van der Waals surface area contributed by atoms with E-state index in [1.165, 1.54) is 5.56 Å². The summed E-state index contributed by atoms with van der Waals surface area (Å²) in [5, 5.41) is 0. The molecule has 1 aliphatic rings. The third-order valence-corrected chi connectivity index (χ3v) is 4.60. The smallest absolute Gasteiger partial charge is 0.222 e. The molecule has 1 saturated heterocycles. The molecule has 1 fully saturated rings. The molecular weight excluding hydrogens is 314 g/mol. The third-order valence-electron chi connectivity index (χ3n) is 4.60. The number of methoxy groups -OCH3 is 1. The Morgan fingerprint density at radius 1 is 1.12 bits per heavy atom. The van der Waals surface area contributed by atoms with Crippen LogP contribution in [-0.4, -0.2) is 37.1 Å². The van der Waals surface area contributed by atoms with E-state index in [1.807, 2.05) is 48.2 Å². The highest BCUT2D eigenvalue weighted by atomic mass is 16.5. The first-order valence-electron chi connectivity index (χ1n) is 8.78. The van der Waals surface area contributed by atoms with Crippen LogP contribution in [0, 0.1) is 6.92 Å². The molecule has 0 radical (unpaired) electrons. The van der Waals surface area contributed by atoms with Gasteiger partial charge in [-0.15, -0.1) is 0 Å². The van der Waals surface area contributed by atoms with Crippen LogP contribution in [0.15, 0.2) is 48.5 Å². The van der Waals surface area contributed by atoms with Crippen molar-refractivity contribution in [2.75, 3.05) is 20.2 Å². The number of nitrogens with zero attached hydrogens (tertiary/aromatic N) is 1. The van der Waals surface area contributed by atoms with E-state index in [1.54, 1.807) is 7.11 Å². The Morgan fingerprint density at radius 3 is 2.52 bits per heavy atom. The molecule has 1 heterocycles. The Labute approximate surface area is 149 Å². The van der Waals surface area contributed by atoms with Crippen molar-refractivity contribution in [3.63, 3.8) is 0 Å². The summed E-state index contributed by atoms with van der Waals surface area (Å²) in [6.07, 6.45) is 2.48. The van der Waals surface area contributed by atoms with Crippen molar-refractivity contribution in [3.05, 3.63) is 59.7 Å². The van der Waals surface area contributed by atoms with E-state index in [0.29, 0.717) is 19.5 Å². The molecule has 0 aromatic heterocycles. The topological polar surface area (TPSA) is 38.8 Å². The van der Waals surface area contributed by atoms with Gasteiger partial charge in [-0.25, -0.2) is 0 Å². The van der Waals surface area contributed by atoms with Crippen molar-refractivity contribution in [1.29, 1.82) is 0 Å². The highest BCUT2D eigenvalue weighted by molar-refractivity contribution is 5.77. The minimum atomic E-state index is 0.117. The van der Waals surface area contributed by atoms with Crippen LogP contribution in [-0.2, 0) is 11.2 Å². The van der Waals surface area contributed by atoms with E-state index in [4.69, 9.17) is 9.47 Å².